The molecule has 0 aliphatic carbocycles. The summed E-state index contributed by atoms with van der Waals surface area (Å²) in [6, 6.07) is 4.94. The van der Waals surface area contributed by atoms with Gasteiger partial charge in [0.1, 0.15) is 5.82 Å². The van der Waals surface area contributed by atoms with Gasteiger partial charge in [-0.25, -0.2) is 4.39 Å². The van der Waals surface area contributed by atoms with Gasteiger partial charge >= 0.3 is 0 Å². The average molecular weight is 304 g/mol. The van der Waals surface area contributed by atoms with Gasteiger partial charge in [0.2, 0.25) is 0 Å². The monoisotopic (exact) mass is 303 g/mol. The fraction of sp³-hybridized carbons (Fsp3) is 0.538. The van der Waals surface area contributed by atoms with Crippen LogP contribution in [0.25, 0.3) is 0 Å². The van der Waals surface area contributed by atoms with Gasteiger partial charge < -0.3 is 10.8 Å². The first kappa shape index (κ1) is 14.6. The Labute approximate surface area is 110 Å². The van der Waals surface area contributed by atoms with Crippen LogP contribution in [0.15, 0.2) is 22.7 Å². The molecule has 2 atom stereocenters. The molecule has 0 bridgehead atoms. The van der Waals surface area contributed by atoms with Crippen molar-refractivity contribution < 1.29 is 9.50 Å². The number of halogens is 2. The van der Waals surface area contributed by atoms with Crippen LogP contribution in [-0.4, -0.2) is 11.7 Å². The van der Waals surface area contributed by atoms with Crippen molar-refractivity contribution in [1.82, 2.24) is 0 Å². The first-order valence-electron chi connectivity index (χ1n) is 5.79. The summed E-state index contributed by atoms with van der Waals surface area (Å²) in [5.41, 5.74) is 5.97. The highest BCUT2D eigenvalue weighted by Gasteiger charge is 2.23. The molecule has 0 heterocycles. The van der Waals surface area contributed by atoms with Crippen LogP contribution in [0.5, 0.6) is 0 Å². The van der Waals surface area contributed by atoms with E-state index in [1.54, 1.807) is 18.2 Å². The third-order valence-corrected chi connectivity index (χ3v) is 3.44. The molecule has 96 valence electrons. The maximum Gasteiger partial charge on any atom is 0.143 e. The van der Waals surface area contributed by atoms with Crippen LogP contribution in [0.2, 0.25) is 0 Å². The maximum absolute atomic E-state index is 13.8. The van der Waals surface area contributed by atoms with E-state index in [9.17, 15) is 9.50 Å². The lowest BCUT2D eigenvalue weighted by atomic mass is 9.88. The number of aliphatic hydroxyl groups is 1. The van der Waals surface area contributed by atoms with Crippen LogP contribution in [0.1, 0.15) is 31.9 Å². The van der Waals surface area contributed by atoms with E-state index < -0.39 is 11.9 Å². The average Bonchev–Trinajstić information content (AvgIpc) is 2.28. The van der Waals surface area contributed by atoms with Crippen molar-refractivity contribution in [3.8, 4) is 0 Å². The minimum absolute atomic E-state index is 0.112. The largest absolute Gasteiger partial charge is 0.388 e. The highest BCUT2D eigenvalue weighted by atomic mass is 79.9. The molecule has 0 saturated carbocycles. The molecule has 2 unspecified atom stereocenters. The van der Waals surface area contributed by atoms with Gasteiger partial charge in [-0.15, -0.1) is 0 Å². The predicted molar refractivity (Wildman–Crippen MR) is 71.1 cm³/mol. The Kier molecular flexibility index (Phi) is 5.56. The van der Waals surface area contributed by atoms with Crippen molar-refractivity contribution in [1.29, 1.82) is 0 Å². The van der Waals surface area contributed by atoms with E-state index in [1.807, 2.05) is 0 Å². The summed E-state index contributed by atoms with van der Waals surface area (Å²) in [5.74, 6) is -0.0885. The Morgan fingerprint density at radius 2 is 2.06 bits per heavy atom. The lowest BCUT2D eigenvalue weighted by Crippen LogP contribution is -2.24. The Balaban J connectivity index is 2.93. The SMILES string of the molecule is CC(C)CC(CN)C(O)c1cccc(Br)c1F. The lowest BCUT2D eigenvalue weighted by molar-refractivity contribution is 0.0958. The van der Waals surface area contributed by atoms with Crippen molar-refractivity contribution in [2.45, 2.75) is 26.4 Å². The molecule has 0 aliphatic heterocycles. The van der Waals surface area contributed by atoms with E-state index in [4.69, 9.17) is 5.73 Å². The van der Waals surface area contributed by atoms with Crippen LogP contribution in [0, 0.1) is 17.7 Å². The molecule has 2 nitrogen and oxygen atoms in total. The number of nitrogens with two attached hydrogens (primary N) is 1. The molecule has 0 fully saturated rings. The fourth-order valence-electron chi connectivity index (χ4n) is 1.96. The summed E-state index contributed by atoms with van der Waals surface area (Å²) in [4.78, 5) is 0. The van der Waals surface area contributed by atoms with E-state index >= 15 is 0 Å². The Morgan fingerprint density at radius 1 is 1.41 bits per heavy atom. The number of benzene rings is 1. The summed E-state index contributed by atoms with van der Waals surface area (Å²) >= 11 is 3.12. The van der Waals surface area contributed by atoms with E-state index in [0.29, 0.717) is 22.5 Å². The standard InChI is InChI=1S/C13H19BrFNO/c1-8(2)6-9(7-16)13(17)10-4-3-5-11(14)12(10)15/h3-5,8-9,13,17H,6-7,16H2,1-2H3. The summed E-state index contributed by atoms with van der Waals surface area (Å²) in [5, 5.41) is 10.2. The fourth-order valence-corrected chi connectivity index (χ4v) is 2.34. The van der Waals surface area contributed by atoms with Gasteiger partial charge in [-0.1, -0.05) is 26.0 Å². The summed E-state index contributed by atoms with van der Waals surface area (Å²) < 4.78 is 14.2. The molecule has 1 rings (SSSR count). The molecule has 0 radical (unpaired) electrons. The van der Waals surface area contributed by atoms with Crippen molar-refractivity contribution in [2.75, 3.05) is 6.54 Å². The summed E-state index contributed by atoms with van der Waals surface area (Å²) in [7, 11) is 0. The highest BCUT2D eigenvalue weighted by Crippen LogP contribution is 2.31. The zero-order valence-corrected chi connectivity index (χ0v) is 11.7. The lowest BCUT2D eigenvalue weighted by Gasteiger charge is -2.24. The molecule has 0 saturated heterocycles. The van der Waals surface area contributed by atoms with Crippen LogP contribution in [0.4, 0.5) is 4.39 Å². The number of rotatable bonds is 5. The number of hydrogen-bond donors (Lipinski definition) is 2. The molecular formula is C13H19BrFNO. The quantitative estimate of drug-likeness (QED) is 0.877. The van der Waals surface area contributed by atoms with Gasteiger partial charge in [0.15, 0.2) is 0 Å². The second kappa shape index (κ2) is 6.47. The van der Waals surface area contributed by atoms with Gasteiger partial charge in [0, 0.05) is 11.5 Å². The molecule has 0 spiro atoms. The topological polar surface area (TPSA) is 46.2 Å². The van der Waals surface area contributed by atoms with Gasteiger partial charge in [0.05, 0.1) is 10.6 Å². The first-order chi connectivity index (χ1) is 7.97. The normalized spacial score (nSPS) is 15.0. The van der Waals surface area contributed by atoms with Crippen LogP contribution in [-0.2, 0) is 0 Å². The molecule has 0 amide bonds. The van der Waals surface area contributed by atoms with E-state index in [-0.39, 0.29) is 5.92 Å². The second-order valence-corrected chi connectivity index (χ2v) is 5.57. The third kappa shape index (κ3) is 3.76. The minimum Gasteiger partial charge on any atom is -0.388 e. The summed E-state index contributed by atoms with van der Waals surface area (Å²) in [6.07, 6.45) is -0.0659. The Bertz CT molecular complexity index is 370. The van der Waals surface area contributed by atoms with Gasteiger partial charge in [-0.3, -0.25) is 0 Å². The zero-order chi connectivity index (χ0) is 13.0. The predicted octanol–water partition coefficient (Wildman–Crippen LogP) is 3.24. The first-order valence-corrected chi connectivity index (χ1v) is 6.58. The number of aliphatic hydroxyl groups excluding tert-OH is 1. The van der Waals surface area contributed by atoms with Crippen LogP contribution >= 0.6 is 15.9 Å². The number of hydrogen-bond acceptors (Lipinski definition) is 2. The molecule has 4 heteroatoms. The maximum atomic E-state index is 13.8. The van der Waals surface area contributed by atoms with Crippen LogP contribution < -0.4 is 5.73 Å². The summed E-state index contributed by atoms with van der Waals surface area (Å²) in [6.45, 7) is 4.48. The third-order valence-electron chi connectivity index (χ3n) is 2.82. The van der Waals surface area contributed by atoms with Crippen LogP contribution in [0.3, 0.4) is 0 Å². The van der Waals surface area contributed by atoms with Crippen molar-refractivity contribution in [2.24, 2.45) is 17.6 Å². The second-order valence-electron chi connectivity index (χ2n) is 4.71. The zero-order valence-electron chi connectivity index (χ0n) is 10.2. The Morgan fingerprint density at radius 3 is 2.59 bits per heavy atom. The van der Waals surface area contributed by atoms with Crippen molar-refractivity contribution in [3.05, 3.63) is 34.1 Å². The van der Waals surface area contributed by atoms with Crippen molar-refractivity contribution >= 4 is 15.9 Å². The van der Waals surface area contributed by atoms with Crippen molar-refractivity contribution in [3.63, 3.8) is 0 Å². The minimum atomic E-state index is -0.847. The molecule has 17 heavy (non-hydrogen) atoms. The van der Waals surface area contributed by atoms with Gasteiger partial charge in [0.25, 0.3) is 0 Å². The van der Waals surface area contributed by atoms with E-state index in [1.165, 1.54) is 0 Å². The smallest absolute Gasteiger partial charge is 0.143 e. The molecule has 3 N–H and O–H groups in total. The van der Waals surface area contributed by atoms with Gasteiger partial charge in [-0.2, -0.15) is 0 Å². The van der Waals surface area contributed by atoms with E-state index in [2.05, 4.69) is 29.8 Å². The van der Waals surface area contributed by atoms with E-state index in [0.717, 1.165) is 6.42 Å². The highest BCUT2D eigenvalue weighted by molar-refractivity contribution is 9.10. The molecule has 1 aromatic carbocycles. The van der Waals surface area contributed by atoms with Gasteiger partial charge in [-0.05, 0) is 40.9 Å². The molecule has 0 aromatic heterocycles. The Hall–Kier alpha value is -0.450. The molecule has 0 aliphatic rings. The molecular weight excluding hydrogens is 285 g/mol. The molecule has 1 aromatic rings.